The molecule has 2 aromatic heterocycles. The number of imidazole rings is 1. The third-order valence-corrected chi connectivity index (χ3v) is 4.97. The molecule has 21 heavy (non-hydrogen) atoms. The van der Waals surface area contributed by atoms with Gasteiger partial charge in [-0.15, -0.1) is 11.3 Å². The number of hydrogen-bond acceptors (Lipinski definition) is 5. The van der Waals surface area contributed by atoms with Gasteiger partial charge in [0.15, 0.2) is 5.16 Å². The number of aromatic nitrogens is 3. The molecule has 5 nitrogen and oxygen atoms in total. The summed E-state index contributed by atoms with van der Waals surface area (Å²) < 4.78 is 2.06. The fourth-order valence-corrected chi connectivity index (χ4v) is 3.56. The van der Waals surface area contributed by atoms with Crippen molar-refractivity contribution < 1.29 is 9.90 Å². The van der Waals surface area contributed by atoms with Crippen molar-refractivity contribution in [2.75, 3.05) is 5.75 Å². The van der Waals surface area contributed by atoms with Crippen LogP contribution in [-0.2, 0) is 11.3 Å². The molecule has 1 aromatic carbocycles. The van der Waals surface area contributed by atoms with Gasteiger partial charge in [0.1, 0.15) is 0 Å². The molecule has 0 fully saturated rings. The summed E-state index contributed by atoms with van der Waals surface area (Å²) in [5.41, 5.74) is 4.73. The van der Waals surface area contributed by atoms with Gasteiger partial charge in [-0.1, -0.05) is 23.9 Å². The Bertz CT molecular complexity index is 794. The Balaban J connectivity index is 2.02. The second-order valence-corrected chi connectivity index (χ2v) is 6.39. The Kier molecular flexibility index (Phi) is 3.94. The number of carbonyl (C=O) groups is 1. The summed E-state index contributed by atoms with van der Waals surface area (Å²) in [7, 11) is 0. The highest BCUT2D eigenvalue weighted by Gasteiger charge is 2.14. The molecule has 0 aliphatic heterocycles. The lowest BCUT2D eigenvalue weighted by Gasteiger charge is -2.07. The van der Waals surface area contributed by atoms with E-state index in [1.165, 1.54) is 11.8 Å². The van der Waals surface area contributed by atoms with E-state index in [0.717, 1.165) is 26.8 Å². The van der Waals surface area contributed by atoms with E-state index in [1.54, 1.807) is 11.3 Å². The number of para-hydroxylation sites is 2. The molecule has 0 atom stereocenters. The number of aliphatic carboxylic acids is 1. The standard InChI is InChI=1S/C14H13N3O2S2/c1-9-12(21-8-15-9)6-17-11-5-3-2-4-10(11)16-14(17)20-7-13(18)19/h2-5,8H,6-7H2,1H3,(H,18,19). The largest absolute Gasteiger partial charge is 0.481 e. The van der Waals surface area contributed by atoms with Crippen LogP contribution in [0.5, 0.6) is 0 Å². The average Bonchev–Trinajstić information content (AvgIpc) is 3.02. The molecule has 1 N–H and O–H groups in total. The quantitative estimate of drug-likeness (QED) is 0.732. The average molecular weight is 319 g/mol. The van der Waals surface area contributed by atoms with Gasteiger partial charge in [0.05, 0.1) is 34.5 Å². The van der Waals surface area contributed by atoms with Crippen molar-refractivity contribution in [3.63, 3.8) is 0 Å². The second-order valence-electron chi connectivity index (χ2n) is 4.51. The minimum absolute atomic E-state index is 0.00495. The van der Waals surface area contributed by atoms with Crippen LogP contribution < -0.4 is 0 Å². The van der Waals surface area contributed by atoms with Crippen molar-refractivity contribution in [2.45, 2.75) is 18.6 Å². The van der Waals surface area contributed by atoms with Crippen LogP contribution in [0.2, 0.25) is 0 Å². The van der Waals surface area contributed by atoms with Crippen LogP contribution in [-0.4, -0.2) is 31.4 Å². The molecule has 0 saturated heterocycles. The number of thiazole rings is 1. The van der Waals surface area contributed by atoms with E-state index in [-0.39, 0.29) is 5.75 Å². The van der Waals surface area contributed by atoms with Crippen LogP contribution in [0, 0.1) is 6.92 Å². The number of nitrogens with zero attached hydrogens (tertiary/aromatic N) is 3. The first-order chi connectivity index (χ1) is 10.1. The van der Waals surface area contributed by atoms with Crippen molar-refractivity contribution in [3.8, 4) is 0 Å². The lowest BCUT2D eigenvalue weighted by atomic mass is 10.3. The first kappa shape index (κ1) is 14.1. The van der Waals surface area contributed by atoms with E-state index in [2.05, 4.69) is 14.5 Å². The van der Waals surface area contributed by atoms with Crippen molar-refractivity contribution in [3.05, 3.63) is 40.3 Å². The summed E-state index contributed by atoms with van der Waals surface area (Å²) in [6.07, 6.45) is 0. The number of aryl methyl sites for hydroxylation is 1. The van der Waals surface area contributed by atoms with Gasteiger partial charge in [-0.3, -0.25) is 4.79 Å². The Morgan fingerprint density at radius 2 is 2.24 bits per heavy atom. The van der Waals surface area contributed by atoms with Crippen molar-refractivity contribution >= 4 is 40.1 Å². The zero-order chi connectivity index (χ0) is 14.8. The van der Waals surface area contributed by atoms with Gasteiger partial charge in [-0.05, 0) is 19.1 Å². The summed E-state index contributed by atoms with van der Waals surface area (Å²) in [6.45, 7) is 2.65. The Morgan fingerprint density at radius 3 is 2.95 bits per heavy atom. The summed E-state index contributed by atoms with van der Waals surface area (Å²) in [5.74, 6) is -0.835. The lowest BCUT2D eigenvalue weighted by Crippen LogP contribution is -2.04. The highest BCUT2D eigenvalue weighted by atomic mass is 32.2. The maximum Gasteiger partial charge on any atom is 0.313 e. The van der Waals surface area contributed by atoms with Gasteiger partial charge in [0.2, 0.25) is 0 Å². The lowest BCUT2D eigenvalue weighted by molar-refractivity contribution is -0.133. The van der Waals surface area contributed by atoms with Crippen molar-refractivity contribution in [2.24, 2.45) is 0 Å². The highest BCUT2D eigenvalue weighted by molar-refractivity contribution is 7.99. The fourth-order valence-electron chi connectivity index (χ4n) is 2.06. The minimum atomic E-state index is -0.840. The molecule has 0 aliphatic carbocycles. The van der Waals surface area contributed by atoms with Gasteiger partial charge in [-0.2, -0.15) is 0 Å². The first-order valence-corrected chi connectivity index (χ1v) is 8.20. The zero-order valence-corrected chi connectivity index (χ0v) is 12.9. The number of thioether (sulfide) groups is 1. The fraction of sp³-hybridized carbons (Fsp3) is 0.214. The molecule has 0 aliphatic rings. The van der Waals surface area contributed by atoms with Crippen LogP contribution in [0.4, 0.5) is 0 Å². The molecular formula is C14H13N3O2S2. The molecule has 0 amide bonds. The highest BCUT2D eigenvalue weighted by Crippen LogP contribution is 2.26. The van der Waals surface area contributed by atoms with Gasteiger partial charge < -0.3 is 9.67 Å². The monoisotopic (exact) mass is 319 g/mol. The smallest absolute Gasteiger partial charge is 0.313 e. The number of rotatable bonds is 5. The van der Waals surface area contributed by atoms with E-state index in [4.69, 9.17) is 5.11 Å². The molecule has 3 aromatic rings. The van der Waals surface area contributed by atoms with Gasteiger partial charge in [0.25, 0.3) is 0 Å². The molecular weight excluding hydrogens is 306 g/mol. The van der Waals surface area contributed by atoms with E-state index in [1.807, 2.05) is 36.7 Å². The predicted octanol–water partition coefficient (Wildman–Crippen LogP) is 3.03. The van der Waals surface area contributed by atoms with E-state index >= 15 is 0 Å². The third-order valence-electron chi connectivity index (χ3n) is 3.09. The topological polar surface area (TPSA) is 68.0 Å². The molecule has 2 heterocycles. The summed E-state index contributed by atoms with van der Waals surface area (Å²) in [6, 6.07) is 7.84. The molecule has 0 bridgehead atoms. The Morgan fingerprint density at radius 1 is 1.43 bits per heavy atom. The zero-order valence-electron chi connectivity index (χ0n) is 11.3. The Labute approximate surface area is 129 Å². The SMILES string of the molecule is Cc1ncsc1Cn1c(SCC(=O)O)nc2ccccc21. The minimum Gasteiger partial charge on any atom is -0.481 e. The summed E-state index contributed by atoms with van der Waals surface area (Å²) in [4.78, 5) is 20.8. The number of hydrogen-bond donors (Lipinski definition) is 1. The number of carboxylic acid groups (broad SMARTS) is 1. The van der Waals surface area contributed by atoms with Gasteiger partial charge in [0, 0.05) is 4.88 Å². The normalized spacial score (nSPS) is 11.1. The van der Waals surface area contributed by atoms with Gasteiger partial charge in [-0.25, -0.2) is 9.97 Å². The van der Waals surface area contributed by atoms with Crippen LogP contribution in [0.15, 0.2) is 34.9 Å². The summed E-state index contributed by atoms with van der Waals surface area (Å²) >= 11 is 2.85. The summed E-state index contributed by atoms with van der Waals surface area (Å²) in [5, 5.41) is 9.60. The number of benzene rings is 1. The molecule has 0 unspecified atom stereocenters. The van der Waals surface area contributed by atoms with E-state index in [0.29, 0.717) is 6.54 Å². The van der Waals surface area contributed by atoms with Crippen molar-refractivity contribution in [1.82, 2.24) is 14.5 Å². The first-order valence-electron chi connectivity index (χ1n) is 6.34. The molecule has 0 radical (unpaired) electrons. The van der Waals surface area contributed by atoms with E-state index in [9.17, 15) is 4.79 Å². The van der Waals surface area contributed by atoms with Crippen molar-refractivity contribution in [1.29, 1.82) is 0 Å². The second kappa shape index (κ2) is 5.87. The van der Waals surface area contributed by atoms with Crippen LogP contribution in [0.3, 0.4) is 0 Å². The maximum atomic E-state index is 10.8. The maximum absolute atomic E-state index is 10.8. The van der Waals surface area contributed by atoms with Gasteiger partial charge >= 0.3 is 5.97 Å². The number of carboxylic acids is 1. The molecule has 0 saturated carbocycles. The van der Waals surface area contributed by atoms with E-state index < -0.39 is 5.97 Å². The Hall–Kier alpha value is -1.86. The third kappa shape index (κ3) is 2.93. The molecule has 7 heteroatoms. The molecule has 108 valence electrons. The molecule has 3 rings (SSSR count). The molecule has 0 spiro atoms. The number of fused-ring (bicyclic) bond motifs is 1. The van der Waals surface area contributed by atoms with Crippen LogP contribution >= 0.6 is 23.1 Å². The predicted molar refractivity (Wildman–Crippen MR) is 84.0 cm³/mol. The van der Waals surface area contributed by atoms with Crippen LogP contribution in [0.1, 0.15) is 10.6 Å². The van der Waals surface area contributed by atoms with Crippen LogP contribution in [0.25, 0.3) is 11.0 Å².